The monoisotopic (exact) mass is 537 g/mol. The maximum atomic E-state index is 13.9. The molecule has 1 aliphatic rings. The van der Waals surface area contributed by atoms with Crippen LogP contribution in [0.3, 0.4) is 0 Å². The fourth-order valence-electron chi connectivity index (χ4n) is 4.80. The van der Waals surface area contributed by atoms with Crippen LogP contribution in [-0.2, 0) is 4.79 Å². The van der Waals surface area contributed by atoms with Crippen LogP contribution in [0.25, 0.3) is 16.8 Å². The number of phenols is 1. The number of fused-ring (bicyclic) bond motifs is 2. The topological polar surface area (TPSA) is 83.7 Å². The quantitative estimate of drug-likeness (QED) is 0.335. The van der Waals surface area contributed by atoms with Crippen molar-refractivity contribution in [3.63, 3.8) is 0 Å². The number of benzene rings is 3. The minimum Gasteiger partial charge on any atom is -0.507 e. The van der Waals surface area contributed by atoms with E-state index in [0.717, 1.165) is 21.2 Å². The first kappa shape index (κ1) is 24.1. The number of aromatic nitrogens is 1. The van der Waals surface area contributed by atoms with Crippen molar-refractivity contribution in [2.45, 2.75) is 19.9 Å². The van der Waals surface area contributed by atoms with Crippen LogP contribution in [-0.4, -0.2) is 15.6 Å². The Hall–Kier alpha value is -4.27. The Morgan fingerprint density at radius 2 is 1.82 bits per heavy atom. The highest BCUT2D eigenvalue weighted by Gasteiger charge is 2.33. The van der Waals surface area contributed by atoms with Crippen LogP contribution in [0.15, 0.2) is 99.2 Å². The van der Waals surface area contributed by atoms with Gasteiger partial charge in [0.2, 0.25) is 0 Å². The highest BCUT2D eigenvalue weighted by molar-refractivity contribution is 7.10. The van der Waals surface area contributed by atoms with E-state index in [1.807, 2.05) is 79.0 Å². The van der Waals surface area contributed by atoms with E-state index >= 15 is 0 Å². The molecule has 5 aromatic rings. The molecule has 0 radical (unpaired) electrons. The number of thiazole rings is 1. The normalized spacial score (nSPS) is 15.4. The average molecular weight is 538 g/mol. The zero-order valence-corrected chi connectivity index (χ0v) is 22.3. The molecule has 0 bridgehead atoms. The first-order valence-electron chi connectivity index (χ1n) is 12.1. The van der Waals surface area contributed by atoms with Crippen molar-refractivity contribution >= 4 is 51.1 Å². The molecule has 6 rings (SSSR count). The van der Waals surface area contributed by atoms with Gasteiger partial charge in [-0.3, -0.25) is 14.2 Å². The summed E-state index contributed by atoms with van der Waals surface area (Å²) in [6, 6.07) is 22.0. The zero-order valence-electron chi connectivity index (χ0n) is 20.6. The lowest BCUT2D eigenvalue weighted by Gasteiger charge is -2.24. The molecule has 6 nitrogen and oxygen atoms in total. The molecule has 1 aliphatic heterocycles. The number of thiophene rings is 1. The molecular formula is C30H23N3O3S2. The van der Waals surface area contributed by atoms with E-state index in [9.17, 15) is 14.7 Å². The van der Waals surface area contributed by atoms with Crippen LogP contribution in [0, 0.1) is 6.92 Å². The standard InChI is InChI=1S/C30H23N3O3S2/c1-17-8-3-6-11-22(17)32-28(35)26-18(2)31-30-33(27(26)24-12-7-15-37-24)29(36)25(38-30)16-21-20-10-5-4-9-19(20)13-14-23(21)34/h3-16,27,34H,1-2H3,(H,32,35)/b25-16+. The maximum absolute atomic E-state index is 13.9. The van der Waals surface area contributed by atoms with E-state index in [4.69, 9.17) is 4.99 Å². The largest absolute Gasteiger partial charge is 0.507 e. The smallest absolute Gasteiger partial charge is 0.271 e. The molecule has 1 unspecified atom stereocenters. The van der Waals surface area contributed by atoms with E-state index in [0.29, 0.717) is 31.9 Å². The molecule has 0 fully saturated rings. The van der Waals surface area contributed by atoms with E-state index in [1.165, 1.54) is 22.7 Å². The van der Waals surface area contributed by atoms with Crippen molar-refractivity contribution in [3.05, 3.63) is 125 Å². The van der Waals surface area contributed by atoms with Gasteiger partial charge in [-0.25, -0.2) is 4.99 Å². The number of hydrogen-bond acceptors (Lipinski definition) is 6. The molecule has 1 amide bonds. The molecule has 0 saturated heterocycles. The molecule has 0 spiro atoms. The number of nitrogens with zero attached hydrogens (tertiary/aromatic N) is 2. The zero-order chi connectivity index (χ0) is 26.4. The Bertz CT molecular complexity index is 1930. The van der Waals surface area contributed by atoms with Gasteiger partial charge in [0, 0.05) is 16.1 Å². The lowest BCUT2D eigenvalue weighted by atomic mass is 10.0. The average Bonchev–Trinajstić information content (AvgIpc) is 3.55. The third-order valence-electron chi connectivity index (χ3n) is 6.70. The third-order valence-corrected chi connectivity index (χ3v) is 8.60. The van der Waals surface area contributed by atoms with Gasteiger partial charge < -0.3 is 10.4 Å². The van der Waals surface area contributed by atoms with Gasteiger partial charge in [-0.05, 0) is 59.8 Å². The summed E-state index contributed by atoms with van der Waals surface area (Å²) in [5.74, 6) is -0.196. The number of rotatable bonds is 4. The molecule has 0 aliphatic carbocycles. The van der Waals surface area contributed by atoms with Crippen molar-refractivity contribution in [2.24, 2.45) is 4.99 Å². The fraction of sp³-hybridized carbons (Fsp3) is 0.100. The Morgan fingerprint density at radius 1 is 1.03 bits per heavy atom. The summed E-state index contributed by atoms with van der Waals surface area (Å²) in [6.07, 6.45) is 1.72. The van der Waals surface area contributed by atoms with Gasteiger partial charge >= 0.3 is 0 Å². The second-order valence-corrected chi connectivity index (χ2v) is 11.1. The van der Waals surface area contributed by atoms with Gasteiger partial charge in [-0.1, -0.05) is 65.9 Å². The highest BCUT2D eigenvalue weighted by Crippen LogP contribution is 2.33. The molecule has 2 aromatic heterocycles. The van der Waals surface area contributed by atoms with Crippen molar-refractivity contribution in [1.82, 2.24) is 4.57 Å². The van der Waals surface area contributed by atoms with Gasteiger partial charge in [0.15, 0.2) is 4.80 Å². The molecule has 1 atom stereocenters. The number of carbonyl (C=O) groups is 1. The number of nitrogens with one attached hydrogen (secondary N) is 1. The number of hydrogen-bond donors (Lipinski definition) is 2. The van der Waals surface area contributed by atoms with Crippen molar-refractivity contribution < 1.29 is 9.90 Å². The molecule has 188 valence electrons. The Balaban J connectivity index is 1.53. The van der Waals surface area contributed by atoms with Gasteiger partial charge in [0.25, 0.3) is 11.5 Å². The van der Waals surface area contributed by atoms with Crippen LogP contribution in [0.5, 0.6) is 5.75 Å². The Kier molecular flexibility index (Phi) is 6.06. The van der Waals surface area contributed by atoms with Crippen LogP contribution < -0.4 is 20.2 Å². The number of anilines is 1. The Labute approximate surface area is 226 Å². The lowest BCUT2D eigenvalue weighted by Crippen LogP contribution is -2.40. The number of aryl methyl sites for hydroxylation is 1. The highest BCUT2D eigenvalue weighted by atomic mass is 32.1. The summed E-state index contributed by atoms with van der Waals surface area (Å²) in [5, 5.41) is 17.4. The third kappa shape index (κ3) is 4.08. The molecule has 8 heteroatoms. The summed E-state index contributed by atoms with van der Waals surface area (Å²) < 4.78 is 2.04. The fourth-order valence-corrected chi connectivity index (χ4v) is 6.65. The predicted molar refractivity (Wildman–Crippen MR) is 154 cm³/mol. The first-order valence-corrected chi connectivity index (χ1v) is 13.8. The second kappa shape index (κ2) is 9.55. The molecule has 3 aromatic carbocycles. The second-order valence-electron chi connectivity index (χ2n) is 9.09. The lowest BCUT2D eigenvalue weighted by molar-refractivity contribution is -0.113. The van der Waals surface area contributed by atoms with Gasteiger partial charge in [-0.2, -0.15) is 0 Å². The molecule has 38 heavy (non-hydrogen) atoms. The summed E-state index contributed by atoms with van der Waals surface area (Å²) >= 11 is 2.75. The first-order chi connectivity index (χ1) is 18.4. The maximum Gasteiger partial charge on any atom is 0.271 e. The minimum absolute atomic E-state index is 0.0961. The number of allylic oxidation sites excluding steroid dienone is 1. The summed E-state index contributed by atoms with van der Waals surface area (Å²) in [7, 11) is 0. The van der Waals surface area contributed by atoms with Gasteiger partial charge in [0.05, 0.1) is 15.8 Å². The van der Waals surface area contributed by atoms with E-state index in [-0.39, 0.29) is 17.2 Å². The summed E-state index contributed by atoms with van der Waals surface area (Å²) in [4.78, 5) is 33.7. The number of para-hydroxylation sites is 1. The van der Waals surface area contributed by atoms with E-state index in [1.54, 1.807) is 23.6 Å². The van der Waals surface area contributed by atoms with Gasteiger partial charge in [0.1, 0.15) is 11.8 Å². The van der Waals surface area contributed by atoms with Gasteiger partial charge in [-0.15, -0.1) is 11.3 Å². The van der Waals surface area contributed by atoms with Crippen molar-refractivity contribution in [3.8, 4) is 5.75 Å². The molecule has 3 heterocycles. The van der Waals surface area contributed by atoms with Crippen molar-refractivity contribution in [2.75, 3.05) is 5.32 Å². The van der Waals surface area contributed by atoms with E-state index in [2.05, 4.69) is 5.32 Å². The van der Waals surface area contributed by atoms with Crippen LogP contribution >= 0.6 is 22.7 Å². The van der Waals surface area contributed by atoms with Crippen LogP contribution in [0.2, 0.25) is 0 Å². The predicted octanol–water partition coefficient (Wildman–Crippen LogP) is 5.10. The molecule has 0 saturated carbocycles. The van der Waals surface area contributed by atoms with Crippen molar-refractivity contribution in [1.29, 1.82) is 0 Å². The SMILES string of the molecule is CC1=C(C(=O)Nc2ccccc2C)C(c2cccs2)n2c(s/c(=C/c3c(O)ccc4ccccc34)c2=O)=N1. The van der Waals surface area contributed by atoms with Crippen LogP contribution in [0.4, 0.5) is 5.69 Å². The number of amides is 1. The molecular weight excluding hydrogens is 514 g/mol. The van der Waals surface area contributed by atoms with E-state index < -0.39 is 6.04 Å². The number of phenolic OH excluding ortho intramolecular Hbond substituents is 1. The minimum atomic E-state index is -0.612. The van der Waals surface area contributed by atoms with Crippen LogP contribution in [0.1, 0.15) is 29.0 Å². The number of aromatic hydroxyl groups is 1. The molecule has 2 N–H and O–H groups in total. The Morgan fingerprint density at radius 3 is 2.61 bits per heavy atom. The number of carbonyl (C=O) groups excluding carboxylic acids is 1. The summed E-state index contributed by atoms with van der Waals surface area (Å²) in [5.41, 5.74) is 2.98. The summed E-state index contributed by atoms with van der Waals surface area (Å²) in [6.45, 7) is 3.74.